The molecule has 1 spiro atoms. The summed E-state index contributed by atoms with van der Waals surface area (Å²) in [6, 6.07) is 0. The molecule has 1 heterocycles. The van der Waals surface area contributed by atoms with Crippen molar-refractivity contribution in [1.29, 1.82) is 0 Å². The van der Waals surface area contributed by atoms with Gasteiger partial charge in [-0.15, -0.1) is 0 Å². The molecule has 1 aliphatic heterocycles. The number of hydrogen-bond acceptors (Lipinski definition) is 3. The SMILES string of the molecule is C[C@]12C=CC(O)CC1=CCC1C2CC[C@@]2(C)C1C=CC21OCCO1. The third-order valence-corrected chi connectivity index (χ3v) is 7.92. The molecule has 0 aromatic rings. The Morgan fingerprint density at radius 3 is 2.71 bits per heavy atom. The summed E-state index contributed by atoms with van der Waals surface area (Å²) in [5.41, 5.74) is 1.63. The predicted octanol–water partition coefficient (Wildman–Crippen LogP) is 3.61. The van der Waals surface area contributed by atoms with E-state index in [4.69, 9.17) is 9.47 Å². The second-order valence-corrected chi connectivity index (χ2v) is 8.85. The first kappa shape index (κ1) is 15.4. The van der Waals surface area contributed by atoms with Crippen molar-refractivity contribution < 1.29 is 14.6 Å². The van der Waals surface area contributed by atoms with Gasteiger partial charge in [0.2, 0.25) is 0 Å². The lowest BCUT2D eigenvalue weighted by molar-refractivity contribution is -0.221. The molecule has 0 aromatic carbocycles. The van der Waals surface area contributed by atoms with Gasteiger partial charge in [0.15, 0.2) is 5.79 Å². The first-order valence-corrected chi connectivity index (χ1v) is 9.53. The maximum atomic E-state index is 10.0. The summed E-state index contributed by atoms with van der Waals surface area (Å²) in [6.45, 7) is 6.19. The van der Waals surface area contributed by atoms with Gasteiger partial charge in [0, 0.05) is 10.8 Å². The topological polar surface area (TPSA) is 38.7 Å². The summed E-state index contributed by atoms with van der Waals surface area (Å²) >= 11 is 0. The third kappa shape index (κ3) is 1.73. The molecular weight excluding hydrogens is 300 g/mol. The number of aliphatic hydroxyl groups excluding tert-OH is 1. The van der Waals surface area contributed by atoms with E-state index >= 15 is 0 Å². The Morgan fingerprint density at radius 2 is 1.92 bits per heavy atom. The summed E-state index contributed by atoms with van der Waals surface area (Å²) in [6.07, 6.45) is 15.3. The predicted molar refractivity (Wildman–Crippen MR) is 92.2 cm³/mol. The molecule has 0 aromatic heterocycles. The second kappa shape index (κ2) is 4.84. The van der Waals surface area contributed by atoms with Gasteiger partial charge in [-0.2, -0.15) is 0 Å². The van der Waals surface area contributed by atoms with Gasteiger partial charge in [-0.05, 0) is 49.5 Å². The molecule has 24 heavy (non-hydrogen) atoms. The summed E-state index contributed by atoms with van der Waals surface area (Å²) in [7, 11) is 0. The van der Waals surface area contributed by atoms with Crippen molar-refractivity contribution in [2.24, 2.45) is 28.6 Å². The van der Waals surface area contributed by atoms with Gasteiger partial charge in [0.05, 0.1) is 19.3 Å². The standard InChI is InChI=1S/C21H28O3/c1-19-8-5-15(22)13-14(19)3-4-16-17(19)6-9-20(2)18(16)7-10-21(20)23-11-12-24-21/h3,5,7-8,10,15-18,22H,4,6,9,11-13H2,1-2H3/t15?,16?,17?,18?,19-,20-/m0/s1. The molecule has 1 saturated carbocycles. The van der Waals surface area contributed by atoms with Gasteiger partial charge in [-0.1, -0.05) is 43.7 Å². The van der Waals surface area contributed by atoms with Gasteiger partial charge < -0.3 is 14.6 Å². The number of fused-ring (bicyclic) bond motifs is 6. The van der Waals surface area contributed by atoms with Crippen molar-refractivity contribution in [2.45, 2.75) is 51.4 Å². The molecule has 3 nitrogen and oxygen atoms in total. The molecule has 0 bridgehead atoms. The average Bonchev–Trinajstić information content (AvgIpc) is 3.15. The second-order valence-electron chi connectivity index (χ2n) is 8.85. The van der Waals surface area contributed by atoms with E-state index in [-0.39, 0.29) is 16.9 Å². The van der Waals surface area contributed by atoms with Crippen LogP contribution in [0.2, 0.25) is 0 Å². The van der Waals surface area contributed by atoms with Crippen LogP contribution in [-0.4, -0.2) is 30.2 Å². The van der Waals surface area contributed by atoms with E-state index in [0.29, 0.717) is 31.0 Å². The molecule has 2 fully saturated rings. The van der Waals surface area contributed by atoms with E-state index in [9.17, 15) is 5.11 Å². The van der Waals surface area contributed by atoms with Crippen molar-refractivity contribution in [1.82, 2.24) is 0 Å². The van der Waals surface area contributed by atoms with Crippen LogP contribution in [0.1, 0.15) is 39.5 Å². The highest BCUT2D eigenvalue weighted by atomic mass is 16.7. The zero-order chi connectivity index (χ0) is 16.6. The van der Waals surface area contributed by atoms with Crippen molar-refractivity contribution >= 4 is 0 Å². The summed E-state index contributed by atoms with van der Waals surface area (Å²) in [4.78, 5) is 0. The third-order valence-electron chi connectivity index (χ3n) is 7.92. The normalized spacial score (nSPS) is 51.2. The van der Waals surface area contributed by atoms with E-state index in [1.165, 1.54) is 12.0 Å². The highest BCUT2D eigenvalue weighted by molar-refractivity contribution is 5.34. The van der Waals surface area contributed by atoms with Gasteiger partial charge in [-0.3, -0.25) is 0 Å². The van der Waals surface area contributed by atoms with Crippen molar-refractivity contribution in [2.75, 3.05) is 13.2 Å². The quantitative estimate of drug-likeness (QED) is 0.691. The number of rotatable bonds is 0. The van der Waals surface area contributed by atoms with Crippen LogP contribution in [0.5, 0.6) is 0 Å². The molecule has 6 atom stereocenters. The average molecular weight is 328 g/mol. The lowest BCUT2D eigenvalue weighted by Gasteiger charge is -2.57. The first-order valence-electron chi connectivity index (χ1n) is 9.53. The van der Waals surface area contributed by atoms with E-state index < -0.39 is 5.79 Å². The Bertz CT molecular complexity index is 641. The minimum Gasteiger partial charge on any atom is -0.389 e. The number of ether oxygens (including phenoxy) is 2. The van der Waals surface area contributed by atoms with E-state index in [0.717, 1.165) is 19.3 Å². The minimum atomic E-state index is -0.480. The smallest absolute Gasteiger partial charge is 0.193 e. The lowest BCUT2D eigenvalue weighted by atomic mass is 9.48. The monoisotopic (exact) mass is 328 g/mol. The lowest BCUT2D eigenvalue weighted by Crippen LogP contribution is -2.55. The fraction of sp³-hybridized carbons (Fsp3) is 0.714. The van der Waals surface area contributed by atoms with Crippen LogP contribution in [0.3, 0.4) is 0 Å². The van der Waals surface area contributed by atoms with Crippen LogP contribution < -0.4 is 0 Å². The summed E-state index contributed by atoms with van der Waals surface area (Å²) < 4.78 is 12.3. The Balaban J connectivity index is 1.52. The molecule has 0 radical (unpaired) electrons. The fourth-order valence-corrected chi connectivity index (χ4v) is 6.53. The fourth-order valence-electron chi connectivity index (χ4n) is 6.53. The van der Waals surface area contributed by atoms with Gasteiger partial charge in [0.25, 0.3) is 0 Å². The zero-order valence-corrected chi connectivity index (χ0v) is 14.7. The molecule has 4 aliphatic carbocycles. The molecule has 5 rings (SSSR count). The van der Waals surface area contributed by atoms with E-state index in [1.807, 2.05) is 6.08 Å². The van der Waals surface area contributed by atoms with Crippen LogP contribution in [0.4, 0.5) is 0 Å². The van der Waals surface area contributed by atoms with Gasteiger partial charge in [-0.25, -0.2) is 0 Å². The number of allylic oxidation sites excluding steroid dienone is 3. The van der Waals surface area contributed by atoms with E-state index in [1.54, 1.807) is 0 Å². The number of hydrogen-bond donors (Lipinski definition) is 1. The highest BCUT2D eigenvalue weighted by Gasteiger charge is 2.64. The summed E-state index contributed by atoms with van der Waals surface area (Å²) in [5, 5.41) is 10.0. The van der Waals surface area contributed by atoms with Gasteiger partial charge in [0.1, 0.15) is 0 Å². The molecular formula is C21H28O3. The molecule has 4 unspecified atom stereocenters. The Labute approximate surface area is 144 Å². The van der Waals surface area contributed by atoms with Crippen molar-refractivity contribution in [3.63, 3.8) is 0 Å². The Hall–Kier alpha value is -0.900. The first-order chi connectivity index (χ1) is 11.5. The maximum absolute atomic E-state index is 10.0. The Morgan fingerprint density at radius 1 is 1.12 bits per heavy atom. The molecule has 1 saturated heterocycles. The van der Waals surface area contributed by atoms with Crippen LogP contribution >= 0.6 is 0 Å². The molecule has 1 N–H and O–H groups in total. The maximum Gasteiger partial charge on any atom is 0.193 e. The molecule has 5 aliphatic rings. The van der Waals surface area contributed by atoms with Crippen molar-refractivity contribution in [3.05, 3.63) is 36.0 Å². The van der Waals surface area contributed by atoms with Crippen LogP contribution in [0, 0.1) is 28.6 Å². The van der Waals surface area contributed by atoms with Crippen LogP contribution in [0.15, 0.2) is 36.0 Å². The van der Waals surface area contributed by atoms with Crippen LogP contribution in [-0.2, 0) is 9.47 Å². The Kier molecular flexibility index (Phi) is 3.10. The highest BCUT2D eigenvalue weighted by Crippen LogP contribution is 2.65. The number of aliphatic hydroxyl groups is 1. The van der Waals surface area contributed by atoms with Gasteiger partial charge >= 0.3 is 0 Å². The minimum absolute atomic E-state index is 0.0598. The molecule has 130 valence electrons. The summed E-state index contributed by atoms with van der Waals surface area (Å²) in [5.74, 6) is 1.33. The zero-order valence-electron chi connectivity index (χ0n) is 14.7. The van der Waals surface area contributed by atoms with Crippen molar-refractivity contribution in [3.8, 4) is 0 Å². The molecule has 3 heteroatoms. The van der Waals surface area contributed by atoms with E-state index in [2.05, 4.69) is 38.2 Å². The van der Waals surface area contributed by atoms with Crippen LogP contribution in [0.25, 0.3) is 0 Å². The largest absolute Gasteiger partial charge is 0.389 e. The molecule has 0 amide bonds.